The Labute approximate surface area is 164 Å². The molecule has 1 aliphatic carbocycles. The van der Waals surface area contributed by atoms with E-state index in [9.17, 15) is 0 Å². The zero-order chi connectivity index (χ0) is 18.2. The van der Waals surface area contributed by atoms with Crippen molar-refractivity contribution in [1.29, 1.82) is 0 Å². The molecule has 1 fully saturated rings. The molecule has 4 nitrogen and oxygen atoms in total. The average molecular weight is 379 g/mol. The minimum atomic E-state index is 0.770. The topological polar surface area (TPSA) is 32.3 Å². The highest BCUT2D eigenvalue weighted by Gasteiger charge is 2.26. The molecule has 2 aliphatic rings. The third-order valence-electron chi connectivity index (χ3n) is 5.99. The zero-order valence-corrected chi connectivity index (χ0v) is 16.7. The number of thiophene rings is 1. The van der Waals surface area contributed by atoms with Crippen molar-refractivity contribution >= 4 is 27.4 Å². The average Bonchev–Trinajstić information content (AvgIpc) is 3.07. The first-order valence-electron chi connectivity index (χ1n) is 10.0. The molecule has 3 heterocycles. The number of fused-ring (bicyclic) bond motifs is 3. The number of benzene rings is 1. The first-order valence-corrected chi connectivity index (χ1v) is 10.9. The van der Waals surface area contributed by atoms with Gasteiger partial charge < -0.3 is 4.90 Å². The van der Waals surface area contributed by atoms with Crippen LogP contribution in [-0.4, -0.2) is 41.0 Å². The summed E-state index contributed by atoms with van der Waals surface area (Å²) in [5.74, 6) is 1.94. The lowest BCUT2D eigenvalue weighted by molar-refractivity contribution is 0.249. The van der Waals surface area contributed by atoms with Crippen LogP contribution in [0.25, 0.3) is 10.2 Å². The minimum Gasteiger partial charge on any atom is -0.353 e. The van der Waals surface area contributed by atoms with E-state index in [-0.39, 0.29) is 0 Å². The number of hydrogen-bond donors (Lipinski definition) is 0. The van der Waals surface area contributed by atoms with Crippen molar-refractivity contribution in [1.82, 2.24) is 14.9 Å². The van der Waals surface area contributed by atoms with E-state index < -0.39 is 0 Å². The van der Waals surface area contributed by atoms with Gasteiger partial charge >= 0.3 is 0 Å². The predicted molar refractivity (Wildman–Crippen MR) is 113 cm³/mol. The van der Waals surface area contributed by atoms with Crippen LogP contribution < -0.4 is 4.90 Å². The van der Waals surface area contributed by atoms with Crippen LogP contribution in [0.4, 0.5) is 5.82 Å². The molecule has 27 heavy (non-hydrogen) atoms. The fourth-order valence-electron chi connectivity index (χ4n) is 4.46. The van der Waals surface area contributed by atoms with Gasteiger partial charge in [0.15, 0.2) is 0 Å². The number of piperazine rings is 1. The lowest BCUT2D eigenvalue weighted by atomic mass is 9.88. The van der Waals surface area contributed by atoms with Crippen molar-refractivity contribution in [3.05, 3.63) is 52.7 Å². The smallest absolute Gasteiger partial charge is 0.141 e. The van der Waals surface area contributed by atoms with E-state index in [2.05, 4.69) is 52.0 Å². The summed E-state index contributed by atoms with van der Waals surface area (Å²) in [5.41, 5.74) is 2.94. The summed E-state index contributed by atoms with van der Waals surface area (Å²) in [6.07, 6.45) is 5.46. The molecular weight excluding hydrogens is 352 g/mol. The van der Waals surface area contributed by atoms with E-state index in [1.54, 1.807) is 11.2 Å². The van der Waals surface area contributed by atoms with Gasteiger partial charge in [0.25, 0.3) is 0 Å². The normalized spacial score (nSPS) is 20.8. The van der Waals surface area contributed by atoms with Gasteiger partial charge in [-0.3, -0.25) is 4.90 Å². The molecule has 0 spiro atoms. The molecule has 0 saturated carbocycles. The number of aryl methyl sites for hydroxylation is 1. The van der Waals surface area contributed by atoms with Crippen LogP contribution in [-0.2, 0) is 19.4 Å². The first kappa shape index (κ1) is 17.1. The van der Waals surface area contributed by atoms with Crippen LogP contribution in [0, 0.1) is 5.92 Å². The second-order valence-electron chi connectivity index (χ2n) is 7.98. The maximum Gasteiger partial charge on any atom is 0.141 e. The standard InChI is InChI=1S/C22H26N4S/c1-16-7-8-19-18(13-16)20-21(23-15-24-22(20)27-19)26-11-9-25(10-12-26)14-17-5-3-2-4-6-17/h2-6,15-16H,7-14H2,1H3. The van der Waals surface area contributed by atoms with Crippen LogP contribution in [0.5, 0.6) is 0 Å². The second-order valence-corrected chi connectivity index (χ2v) is 9.06. The lowest BCUT2D eigenvalue weighted by Crippen LogP contribution is -2.46. The zero-order valence-electron chi connectivity index (χ0n) is 15.9. The van der Waals surface area contributed by atoms with Gasteiger partial charge in [-0.25, -0.2) is 9.97 Å². The van der Waals surface area contributed by atoms with Crippen molar-refractivity contribution in [3.8, 4) is 0 Å². The fourth-order valence-corrected chi connectivity index (χ4v) is 5.64. The second kappa shape index (κ2) is 7.21. The highest BCUT2D eigenvalue weighted by molar-refractivity contribution is 7.19. The molecule has 0 bridgehead atoms. The number of aromatic nitrogens is 2. The van der Waals surface area contributed by atoms with Gasteiger partial charge in [0, 0.05) is 37.6 Å². The summed E-state index contributed by atoms with van der Waals surface area (Å²) >= 11 is 1.89. The van der Waals surface area contributed by atoms with Gasteiger partial charge in [-0.1, -0.05) is 37.3 Å². The molecule has 5 heteroatoms. The Balaban J connectivity index is 1.37. The minimum absolute atomic E-state index is 0.770. The Morgan fingerprint density at radius 3 is 2.70 bits per heavy atom. The summed E-state index contributed by atoms with van der Waals surface area (Å²) in [6.45, 7) is 7.67. The summed E-state index contributed by atoms with van der Waals surface area (Å²) in [5, 5.41) is 1.35. The molecule has 140 valence electrons. The first-order chi connectivity index (χ1) is 13.3. The van der Waals surface area contributed by atoms with E-state index in [4.69, 9.17) is 4.98 Å². The molecule has 2 aromatic heterocycles. The molecule has 1 unspecified atom stereocenters. The van der Waals surface area contributed by atoms with Gasteiger partial charge in [0.05, 0.1) is 5.39 Å². The van der Waals surface area contributed by atoms with Crippen LogP contribution in [0.1, 0.15) is 29.3 Å². The SMILES string of the molecule is CC1CCc2sc3ncnc(N4CCN(Cc5ccccc5)CC4)c3c2C1. The summed E-state index contributed by atoms with van der Waals surface area (Å²) in [7, 11) is 0. The van der Waals surface area contributed by atoms with Crippen molar-refractivity contribution in [2.75, 3.05) is 31.1 Å². The van der Waals surface area contributed by atoms with Crippen LogP contribution in [0.3, 0.4) is 0 Å². The third kappa shape index (κ3) is 3.34. The fraction of sp³-hybridized carbons (Fsp3) is 0.455. The molecule has 1 aliphatic heterocycles. The largest absolute Gasteiger partial charge is 0.353 e. The van der Waals surface area contributed by atoms with Crippen LogP contribution in [0.2, 0.25) is 0 Å². The maximum atomic E-state index is 4.75. The molecule has 1 atom stereocenters. The Hall–Kier alpha value is -1.98. The van der Waals surface area contributed by atoms with Crippen LogP contribution in [0.15, 0.2) is 36.7 Å². The number of rotatable bonds is 3. The van der Waals surface area contributed by atoms with E-state index in [1.807, 2.05) is 11.3 Å². The molecular formula is C22H26N4S. The Morgan fingerprint density at radius 1 is 1.07 bits per heavy atom. The molecule has 3 aromatic rings. The highest BCUT2D eigenvalue weighted by Crippen LogP contribution is 2.40. The van der Waals surface area contributed by atoms with E-state index >= 15 is 0 Å². The van der Waals surface area contributed by atoms with E-state index in [0.717, 1.165) is 38.6 Å². The Bertz CT molecular complexity index is 928. The summed E-state index contributed by atoms with van der Waals surface area (Å²) in [4.78, 5) is 17.1. The van der Waals surface area contributed by atoms with E-state index in [1.165, 1.54) is 46.4 Å². The van der Waals surface area contributed by atoms with E-state index in [0.29, 0.717) is 0 Å². The van der Waals surface area contributed by atoms with Crippen molar-refractivity contribution < 1.29 is 0 Å². The highest BCUT2D eigenvalue weighted by atomic mass is 32.1. The van der Waals surface area contributed by atoms with Crippen molar-refractivity contribution in [2.45, 2.75) is 32.7 Å². The van der Waals surface area contributed by atoms with Gasteiger partial charge in [-0.15, -0.1) is 11.3 Å². The molecule has 1 saturated heterocycles. The number of nitrogens with zero attached hydrogens (tertiary/aromatic N) is 4. The summed E-state index contributed by atoms with van der Waals surface area (Å²) < 4.78 is 0. The Kier molecular flexibility index (Phi) is 4.58. The molecule has 0 amide bonds. The monoisotopic (exact) mass is 378 g/mol. The number of anilines is 1. The van der Waals surface area contributed by atoms with Crippen LogP contribution >= 0.6 is 11.3 Å². The van der Waals surface area contributed by atoms with Crippen molar-refractivity contribution in [2.24, 2.45) is 5.92 Å². The van der Waals surface area contributed by atoms with Gasteiger partial charge in [-0.05, 0) is 36.3 Å². The third-order valence-corrected chi connectivity index (χ3v) is 7.19. The molecule has 5 rings (SSSR count). The molecule has 0 radical (unpaired) electrons. The van der Waals surface area contributed by atoms with Gasteiger partial charge in [-0.2, -0.15) is 0 Å². The van der Waals surface area contributed by atoms with Gasteiger partial charge in [0.1, 0.15) is 17.0 Å². The lowest BCUT2D eigenvalue weighted by Gasteiger charge is -2.35. The maximum absolute atomic E-state index is 4.75. The van der Waals surface area contributed by atoms with Crippen molar-refractivity contribution in [3.63, 3.8) is 0 Å². The molecule has 1 aromatic carbocycles. The Morgan fingerprint density at radius 2 is 1.89 bits per heavy atom. The van der Waals surface area contributed by atoms with Gasteiger partial charge in [0.2, 0.25) is 0 Å². The predicted octanol–water partition coefficient (Wildman–Crippen LogP) is 4.14. The quantitative estimate of drug-likeness (QED) is 0.686. The number of hydrogen-bond acceptors (Lipinski definition) is 5. The molecule has 0 N–H and O–H groups in total. The summed E-state index contributed by atoms with van der Waals surface area (Å²) in [6, 6.07) is 10.8.